The van der Waals surface area contributed by atoms with Gasteiger partial charge in [-0.3, -0.25) is 4.90 Å². The molecule has 0 aliphatic heterocycles. The van der Waals surface area contributed by atoms with Gasteiger partial charge in [-0.2, -0.15) is 0 Å². The molecule has 0 fully saturated rings. The summed E-state index contributed by atoms with van der Waals surface area (Å²) in [5.74, 6) is 0. The molecular weight excluding hydrogens is 220 g/mol. The second-order valence-corrected chi connectivity index (χ2v) is 5.29. The Kier molecular flexibility index (Phi) is 4.22. The Hall–Kier alpha value is -0.730. The predicted molar refractivity (Wildman–Crippen MR) is 71.7 cm³/mol. The molecule has 16 heavy (non-hydrogen) atoms. The molecular formula is C13H21ClN2. The Morgan fingerprint density at radius 1 is 1.38 bits per heavy atom. The lowest BCUT2D eigenvalue weighted by atomic mass is 9.99. The van der Waals surface area contributed by atoms with E-state index in [4.69, 9.17) is 17.3 Å². The summed E-state index contributed by atoms with van der Waals surface area (Å²) < 4.78 is 0. The molecule has 0 saturated heterocycles. The van der Waals surface area contributed by atoms with E-state index in [1.165, 1.54) is 5.56 Å². The molecule has 0 aliphatic rings. The van der Waals surface area contributed by atoms with Gasteiger partial charge in [-0.25, -0.2) is 0 Å². The van der Waals surface area contributed by atoms with Crippen LogP contribution in [0.3, 0.4) is 0 Å². The van der Waals surface area contributed by atoms with Crippen LogP contribution in [0.25, 0.3) is 0 Å². The van der Waals surface area contributed by atoms with Gasteiger partial charge >= 0.3 is 0 Å². The summed E-state index contributed by atoms with van der Waals surface area (Å²) in [6.07, 6.45) is 1.12. The standard InChI is InChI=1S/C13H21ClN2/c1-5-13(2,3)16(4)9-10-6-7-11(14)12(15)8-10/h6-8H,5,9,15H2,1-4H3. The van der Waals surface area contributed by atoms with E-state index in [2.05, 4.69) is 32.7 Å². The summed E-state index contributed by atoms with van der Waals surface area (Å²) in [7, 11) is 2.13. The second kappa shape index (κ2) is 5.07. The van der Waals surface area contributed by atoms with E-state index in [1.807, 2.05) is 18.2 Å². The van der Waals surface area contributed by atoms with Gasteiger partial charge in [0.25, 0.3) is 0 Å². The van der Waals surface area contributed by atoms with Crippen molar-refractivity contribution in [3.8, 4) is 0 Å². The average Bonchev–Trinajstić information content (AvgIpc) is 2.23. The van der Waals surface area contributed by atoms with E-state index in [9.17, 15) is 0 Å². The lowest BCUT2D eigenvalue weighted by Crippen LogP contribution is -2.39. The third kappa shape index (κ3) is 3.13. The minimum absolute atomic E-state index is 0.203. The summed E-state index contributed by atoms with van der Waals surface area (Å²) in [6.45, 7) is 7.58. The number of halogens is 1. The Balaban J connectivity index is 2.77. The highest BCUT2D eigenvalue weighted by atomic mass is 35.5. The number of anilines is 1. The maximum atomic E-state index is 5.90. The summed E-state index contributed by atoms with van der Waals surface area (Å²) in [5.41, 5.74) is 7.84. The van der Waals surface area contributed by atoms with Gasteiger partial charge in [-0.05, 0) is 45.0 Å². The van der Waals surface area contributed by atoms with Crippen molar-refractivity contribution in [2.75, 3.05) is 12.8 Å². The first-order valence-electron chi connectivity index (χ1n) is 5.62. The van der Waals surface area contributed by atoms with Gasteiger partial charge in [0, 0.05) is 12.1 Å². The minimum atomic E-state index is 0.203. The first kappa shape index (κ1) is 13.3. The molecule has 0 unspecified atom stereocenters. The van der Waals surface area contributed by atoms with E-state index in [0.29, 0.717) is 10.7 Å². The average molecular weight is 241 g/mol. The van der Waals surface area contributed by atoms with Gasteiger partial charge in [0.15, 0.2) is 0 Å². The third-order valence-corrected chi connectivity index (χ3v) is 3.72. The zero-order valence-corrected chi connectivity index (χ0v) is 11.3. The molecule has 0 aliphatic carbocycles. The topological polar surface area (TPSA) is 29.3 Å². The summed E-state index contributed by atoms with van der Waals surface area (Å²) in [6, 6.07) is 5.84. The second-order valence-electron chi connectivity index (χ2n) is 4.88. The molecule has 0 spiro atoms. The molecule has 1 rings (SSSR count). The lowest BCUT2D eigenvalue weighted by molar-refractivity contribution is 0.143. The van der Waals surface area contributed by atoms with Gasteiger partial charge in [-0.15, -0.1) is 0 Å². The fourth-order valence-corrected chi connectivity index (χ4v) is 1.57. The molecule has 2 nitrogen and oxygen atoms in total. The van der Waals surface area contributed by atoms with E-state index in [0.717, 1.165) is 13.0 Å². The highest BCUT2D eigenvalue weighted by Gasteiger charge is 2.20. The number of rotatable bonds is 4. The van der Waals surface area contributed by atoms with Crippen molar-refractivity contribution >= 4 is 17.3 Å². The number of nitrogens with zero attached hydrogens (tertiary/aromatic N) is 1. The summed E-state index contributed by atoms with van der Waals surface area (Å²) >= 11 is 5.90. The lowest BCUT2D eigenvalue weighted by Gasteiger charge is -2.34. The van der Waals surface area contributed by atoms with Crippen LogP contribution in [0.4, 0.5) is 5.69 Å². The smallest absolute Gasteiger partial charge is 0.0635 e. The largest absolute Gasteiger partial charge is 0.398 e. The van der Waals surface area contributed by atoms with Crippen LogP contribution in [-0.2, 0) is 6.54 Å². The molecule has 0 saturated carbocycles. The molecule has 0 heterocycles. The maximum absolute atomic E-state index is 5.90. The summed E-state index contributed by atoms with van der Waals surface area (Å²) in [5, 5.41) is 0.626. The molecule has 1 aromatic rings. The van der Waals surface area contributed by atoms with Gasteiger partial charge in [0.2, 0.25) is 0 Å². The Labute approximate surface area is 103 Å². The molecule has 0 bridgehead atoms. The predicted octanol–water partition coefficient (Wildman–Crippen LogP) is 3.54. The molecule has 3 heteroatoms. The SMILES string of the molecule is CCC(C)(C)N(C)Cc1ccc(Cl)c(N)c1. The van der Waals surface area contributed by atoms with Crippen LogP contribution in [0.1, 0.15) is 32.8 Å². The van der Waals surface area contributed by atoms with Crippen LogP contribution in [0.5, 0.6) is 0 Å². The number of hydrogen-bond acceptors (Lipinski definition) is 2. The Morgan fingerprint density at radius 2 is 2.00 bits per heavy atom. The van der Waals surface area contributed by atoms with Crippen LogP contribution >= 0.6 is 11.6 Å². The van der Waals surface area contributed by atoms with Gasteiger partial charge in [-0.1, -0.05) is 24.6 Å². The quantitative estimate of drug-likeness (QED) is 0.816. The van der Waals surface area contributed by atoms with E-state index >= 15 is 0 Å². The molecule has 1 aromatic carbocycles. The fourth-order valence-electron chi connectivity index (χ4n) is 1.45. The normalized spacial score (nSPS) is 12.1. The monoisotopic (exact) mass is 240 g/mol. The van der Waals surface area contributed by atoms with Crippen LogP contribution < -0.4 is 5.73 Å². The highest BCUT2D eigenvalue weighted by Crippen LogP contribution is 2.23. The van der Waals surface area contributed by atoms with E-state index < -0.39 is 0 Å². The van der Waals surface area contributed by atoms with Crippen LogP contribution in [0.15, 0.2) is 18.2 Å². The van der Waals surface area contributed by atoms with Crippen molar-refractivity contribution in [3.05, 3.63) is 28.8 Å². The van der Waals surface area contributed by atoms with Crippen molar-refractivity contribution in [1.29, 1.82) is 0 Å². The maximum Gasteiger partial charge on any atom is 0.0635 e. The number of nitrogen functional groups attached to an aromatic ring is 1. The zero-order chi connectivity index (χ0) is 12.3. The van der Waals surface area contributed by atoms with E-state index in [-0.39, 0.29) is 5.54 Å². The highest BCUT2D eigenvalue weighted by molar-refractivity contribution is 6.33. The van der Waals surface area contributed by atoms with Crippen molar-refractivity contribution in [1.82, 2.24) is 4.90 Å². The molecule has 0 amide bonds. The molecule has 0 atom stereocenters. The Bertz CT molecular complexity index is 361. The Morgan fingerprint density at radius 3 is 2.50 bits per heavy atom. The van der Waals surface area contributed by atoms with Crippen molar-refractivity contribution in [2.45, 2.75) is 39.3 Å². The molecule has 0 radical (unpaired) electrons. The first-order chi connectivity index (χ1) is 7.36. The molecule has 2 N–H and O–H groups in total. The molecule has 0 aromatic heterocycles. The number of hydrogen-bond donors (Lipinski definition) is 1. The number of nitrogens with two attached hydrogens (primary N) is 1. The summed E-state index contributed by atoms with van der Waals surface area (Å²) in [4.78, 5) is 2.33. The van der Waals surface area contributed by atoms with Crippen LogP contribution in [-0.4, -0.2) is 17.5 Å². The fraction of sp³-hybridized carbons (Fsp3) is 0.538. The van der Waals surface area contributed by atoms with Crippen LogP contribution in [0, 0.1) is 0 Å². The van der Waals surface area contributed by atoms with Crippen molar-refractivity contribution < 1.29 is 0 Å². The van der Waals surface area contributed by atoms with Gasteiger partial charge < -0.3 is 5.73 Å². The van der Waals surface area contributed by atoms with Crippen molar-refractivity contribution in [3.63, 3.8) is 0 Å². The van der Waals surface area contributed by atoms with Crippen molar-refractivity contribution in [2.24, 2.45) is 0 Å². The number of benzene rings is 1. The van der Waals surface area contributed by atoms with E-state index in [1.54, 1.807) is 0 Å². The zero-order valence-electron chi connectivity index (χ0n) is 10.5. The van der Waals surface area contributed by atoms with Gasteiger partial charge in [0.1, 0.15) is 0 Å². The van der Waals surface area contributed by atoms with Gasteiger partial charge in [0.05, 0.1) is 10.7 Å². The minimum Gasteiger partial charge on any atom is -0.398 e. The third-order valence-electron chi connectivity index (χ3n) is 3.38. The van der Waals surface area contributed by atoms with Crippen LogP contribution in [0.2, 0.25) is 5.02 Å². The first-order valence-corrected chi connectivity index (χ1v) is 5.99. The molecule has 90 valence electrons.